The summed E-state index contributed by atoms with van der Waals surface area (Å²) < 4.78 is 156. The van der Waals surface area contributed by atoms with E-state index >= 15 is 0 Å². The monoisotopic (exact) mass is 1630 g/mol. The van der Waals surface area contributed by atoms with E-state index in [4.69, 9.17) is 103 Å². The van der Waals surface area contributed by atoms with E-state index in [1.807, 2.05) is 0 Å². The van der Waals surface area contributed by atoms with Gasteiger partial charge in [0.1, 0.15) is 116 Å². The van der Waals surface area contributed by atoms with E-state index in [2.05, 4.69) is 54.8 Å². The summed E-state index contributed by atoms with van der Waals surface area (Å²) in [5.41, 5.74) is 23.5. The van der Waals surface area contributed by atoms with Gasteiger partial charge in [-0.25, -0.2) is 57.7 Å². The second-order valence-electron chi connectivity index (χ2n) is 24.0. The SMILES string of the molecule is Nc1ccn([C@@H]2O[C@H](COP(=O)(O)O[C@H]3[C@@H](O)[C@H](n4cnc5c(=O)[nH]c(N)nc54)O[C@@H]3CO[P@@]3(=O)OO[C@@H]4[C@H](O3)[C@@H](CO[P+](=O)O)O[C@H]4n3ccc(N)nc3=O)[C@@H](OP(=O)(O)OC[C@H]3O[C@@H](n4cnc5c(=O)[nH]c(N)nc54)[C@H](O)[C@@H]3OP(=O)(O)OC[C@H]3O[C@@H](n4cnc5c(N)ncnc54)[C@H](O)[C@@H]3O)[C@H]2O)c(=O)n1. The molecule has 6 fully saturated rings. The van der Waals surface area contributed by atoms with Crippen LogP contribution in [-0.2, 0) is 96.8 Å². The Labute approximate surface area is 596 Å². The van der Waals surface area contributed by atoms with Crippen molar-refractivity contribution in [2.45, 2.75) is 123 Å². The highest BCUT2D eigenvalue weighted by molar-refractivity contribution is 7.48. The molecule has 14 heterocycles. The quantitative estimate of drug-likeness (QED) is 0.0177. The van der Waals surface area contributed by atoms with Crippen molar-refractivity contribution >= 4 is 102 Å². The fourth-order valence-electron chi connectivity index (χ4n) is 12.3. The van der Waals surface area contributed by atoms with Gasteiger partial charge >= 0.3 is 50.9 Å². The molecule has 6 saturated heterocycles. The number of H-pyrrole nitrogens is 2. The van der Waals surface area contributed by atoms with Gasteiger partial charge in [-0.15, -0.1) is 14.1 Å². The summed E-state index contributed by atoms with van der Waals surface area (Å²) in [4.78, 5) is 141. The molecule has 0 aromatic carbocycles. The Morgan fingerprint density at radius 1 is 0.509 bits per heavy atom. The number of hydrogen-bond acceptors (Lipinski definition) is 44. The Balaban J connectivity index is 0.695. The third-order valence-corrected chi connectivity index (χ3v) is 21.7. The number of anilines is 5. The van der Waals surface area contributed by atoms with Crippen LogP contribution >= 0.6 is 39.5 Å². The molecule has 584 valence electrons. The molecule has 8 aromatic heterocycles. The third-order valence-electron chi connectivity index (χ3n) is 17.1. The number of ether oxygens (including phenoxy) is 5. The highest BCUT2D eigenvalue weighted by Gasteiger charge is 2.60. The highest BCUT2D eigenvalue weighted by atomic mass is 31.2. The molecule has 21 N–H and O–H groups in total. The zero-order valence-electron chi connectivity index (χ0n) is 53.8. The number of phosphoric acid groups is 4. The summed E-state index contributed by atoms with van der Waals surface area (Å²) in [6, 6.07) is 2.25. The molecule has 0 amide bonds. The molecule has 0 aliphatic carbocycles. The van der Waals surface area contributed by atoms with Crippen LogP contribution in [0.25, 0.3) is 33.5 Å². The van der Waals surface area contributed by atoms with E-state index in [1.54, 1.807) is 0 Å². The fourth-order valence-corrected chi connectivity index (χ4v) is 16.7. The van der Waals surface area contributed by atoms with Crippen molar-refractivity contribution in [3.63, 3.8) is 0 Å². The summed E-state index contributed by atoms with van der Waals surface area (Å²) in [5.74, 6) is -1.53. The molecule has 0 saturated carbocycles. The molecule has 4 unspecified atom stereocenters. The van der Waals surface area contributed by atoms with Crippen LogP contribution in [0, 0.1) is 0 Å². The molecular weight excluding hydrogens is 1570 g/mol. The highest BCUT2D eigenvalue weighted by Crippen LogP contribution is 2.60. The number of aliphatic hydroxyl groups excluding tert-OH is 5. The predicted octanol–water partition coefficient (Wildman–Crippen LogP) is -6.18. The van der Waals surface area contributed by atoms with E-state index in [0.29, 0.717) is 4.57 Å². The molecule has 8 aromatic rings. The van der Waals surface area contributed by atoms with Gasteiger partial charge in [0.05, 0.1) is 45.4 Å². The number of aromatic nitrogens is 16. The maximum atomic E-state index is 14.4. The zero-order valence-corrected chi connectivity index (χ0v) is 58.3. The number of nitrogen functional groups attached to an aromatic ring is 5. The standard InChI is InChI=1S/C48H58N21O34P5/c49-19-1-3-65(47(77)59-19)41-26(72)29(99-106(83,84)91-8-17-30(27(73)42(95-17)68-12-57-22-36(68)61-45(52)63-38(22)75)100-105(81,82)89-6-14-24(70)25(71)40(93-14)67-11-56-21-34(51)54-10-55-35(21)67)16(94-41)7-90-107(85,86)101-31-18(96-43(28(31)74)69-13-58-23-37(69)62-46(53)64-39(23)76)9-92-108(87)102-32-15(5-88-104(79)80)97-44(33(32)98-103-108)66-4-2-20(50)60-48(66)78/h1-4,10-18,24-33,40-44,70-74H,5-9H2,(H15-,49,50,51,52,53,54,55,59,60,61,62,63,64,75,76,77,78,79,80,81,82,83,84,85,86)/p+1/t14-,15-,16-,17-,18-,24-,25-,26-,27-,28-,29-,30-,31-,32-,33-,40-,41-,42-,43-,44-,108-/m1/s1. The average Bonchev–Trinajstić information content (AvgIpc) is 1.62. The van der Waals surface area contributed by atoms with Crippen LogP contribution in [0.5, 0.6) is 0 Å². The number of phosphoric ester groups is 4. The van der Waals surface area contributed by atoms with Crippen molar-refractivity contribution in [1.82, 2.24) is 77.7 Å². The van der Waals surface area contributed by atoms with Gasteiger partial charge in [0.25, 0.3) is 11.1 Å². The molecule has 60 heteroatoms. The van der Waals surface area contributed by atoms with E-state index in [1.165, 1.54) is 10.6 Å². The Kier molecular flexibility index (Phi) is 21.1. The Morgan fingerprint density at radius 2 is 0.935 bits per heavy atom. The van der Waals surface area contributed by atoms with Crippen molar-refractivity contribution in [2.75, 3.05) is 61.7 Å². The van der Waals surface area contributed by atoms with Gasteiger partial charge in [0.2, 0.25) is 11.9 Å². The Bertz CT molecular complexity index is 5230. The van der Waals surface area contributed by atoms with Crippen molar-refractivity contribution in [3.8, 4) is 0 Å². The number of hydrogen-bond donors (Lipinski definition) is 16. The lowest BCUT2D eigenvalue weighted by atomic mass is 10.1. The maximum Gasteiger partial charge on any atom is 0.694 e. The first kappa shape index (κ1) is 76.8. The van der Waals surface area contributed by atoms with Gasteiger partial charge in [-0.05, 0) is 12.1 Å². The lowest BCUT2D eigenvalue weighted by Gasteiger charge is -2.32. The van der Waals surface area contributed by atoms with Gasteiger partial charge in [-0.2, -0.15) is 19.9 Å². The molecule has 55 nitrogen and oxygen atoms in total. The minimum Gasteiger partial charge on any atom is -0.387 e. The second kappa shape index (κ2) is 29.7. The fraction of sp³-hybridized carbons (Fsp3) is 0.521. The lowest BCUT2D eigenvalue weighted by molar-refractivity contribution is -0.313. The van der Waals surface area contributed by atoms with Crippen LogP contribution in [-0.4, -0.2) is 247 Å². The van der Waals surface area contributed by atoms with E-state index in [-0.39, 0.29) is 50.9 Å². The first-order valence-corrected chi connectivity index (χ1v) is 38.0. The Morgan fingerprint density at radius 3 is 1.43 bits per heavy atom. The van der Waals surface area contributed by atoms with Crippen molar-refractivity contribution in [2.24, 2.45) is 0 Å². The summed E-state index contributed by atoms with van der Waals surface area (Å²) in [6.07, 6.45) is -32.3. The van der Waals surface area contributed by atoms with Crippen molar-refractivity contribution in [3.05, 3.63) is 91.5 Å². The first-order valence-electron chi connectivity index (χ1n) is 30.9. The van der Waals surface area contributed by atoms with Crippen LogP contribution in [0.3, 0.4) is 0 Å². The molecule has 6 aliphatic rings. The van der Waals surface area contributed by atoms with E-state index < -0.39 is 230 Å². The number of imidazole rings is 3. The number of fused-ring (bicyclic) bond motifs is 4. The number of rotatable bonds is 26. The van der Waals surface area contributed by atoms with Gasteiger partial charge in [0.15, 0.2) is 71.0 Å². The molecule has 0 radical (unpaired) electrons. The van der Waals surface area contributed by atoms with Gasteiger partial charge in [-0.1, -0.05) is 0 Å². The van der Waals surface area contributed by atoms with Crippen LogP contribution in [0.1, 0.15) is 31.1 Å². The summed E-state index contributed by atoms with van der Waals surface area (Å²) in [7, 11) is -25.9. The first-order chi connectivity index (χ1) is 51.1. The molecular formula is C48H59N21O34P5+. The van der Waals surface area contributed by atoms with Crippen molar-refractivity contribution in [1.29, 1.82) is 0 Å². The normalized spacial score (nSPS) is 33.2. The number of nitrogens with one attached hydrogen (secondary N) is 2. The molecule has 0 spiro atoms. The second-order valence-corrected chi connectivity index (χ2v) is 30.4. The van der Waals surface area contributed by atoms with E-state index in [0.717, 1.165) is 57.5 Å². The van der Waals surface area contributed by atoms with Gasteiger partial charge in [-0.3, -0.25) is 78.6 Å². The predicted molar refractivity (Wildman–Crippen MR) is 342 cm³/mol. The largest absolute Gasteiger partial charge is 0.694 e. The number of nitrogens with two attached hydrogens (primary N) is 5. The number of aliphatic hydroxyl groups is 5. The molecule has 14 rings (SSSR count). The van der Waals surface area contributed by atoms with Crippen LogP contribution in [0.2, 0.25) is 0 Å². The van der Waals surface area contributed by atoms with Crippen molar-refractivity contribution < 1.29 is 142 Å². The topological polar surface area (TPSA) is 786 Å². The van der Waals surface area contributed by atoms with Gasteiger partial charge in [0, 0.05) is 17.0 Å². The smallest absolute Gasteiger partial charge is 0.387 e. The summed E-state index contributed by atoms with van der Waals surface area (Å²) in [5, 5.41) is 57.8. The average molecular weight is 1630 g/mol. The molecule has 0 bridgehead atoms. The van der Waals surface area contributed by atoms with Crippen LogP contribution in [0.15, 0.2) is 69.0 Å². The maximum absolute atomic E-state index is 14.4. The molecule has 25 atom stereocenters. The molecule has 6 aliphatic heterocycles. The van der Waals surface area contributed by atoms with Gasteiger partial charge < -0.3 is 92.6 Å². The Hall–Kier alpha value is -7.97. The number of nitrogens with zero attached hydrogens (tertiary/aromatic N) is 14. The minimum atomic E-state index is -5.90. The van der Waals surface area contributed by atoms with Crippen LogP contribution in [0.4, 0.5) is 29.4 Å². The van der Waals surface area contributed by atoms with E-state index in [9.17, 15) is 87.1 Å². The summed E-state index contributed by atoms with van der Waals surface area (Å²) >= 11 is 0. The number of aromatic amines is 2. The molecule has 108 heavy (non-hydrogen) atoms. The third kappa shape index (κ3) is 15.2. The lowest BCUT2D eigenvalue weighted by Crippen LogP contribution is -2.42. The zero-order chi connectivity index (χ0) is 77.0. The minimum absolute atomic E-state index is 0.0452. The van der Waals surface area contributed by atoms with Crippen LogP contribution < -0.4 is 51.2 Å². The summed E-state index contributed by atoms with van der Waals surface area (Å²) in [6.45, 7) is -5.72.